The number of hydrazine groups is 1. The highest BCUT2D eigenvalue weighted by molar-refractivity contribution is 5.90. The van der Waals surface area contributed by atoms with Gasteiger partial charge in [0.15, 0.2) is 0 Å². The monoisotopic (exact) mass is 287 g/mol. The Morgan fingerprint density at radius 2 is 1.90 bits per heavy atom. The number of rotatable bonds is 4. The van der Waals surface area contributed by atoms with Crippen LogP contribution in [0.25, 0.3) is 10.9 Å². The van der Waals surface area contributed by atoms with Gasteiger partial charge >= 0.3 is 0 Å². The molecule has 6 nitrogen and oxygen atoms in total. The standard InChI is InChI=1S/C15H21N5O/c16-20-14-17-12-7-3-2-6-11(12)13(18-14)19-15(10-21)8-4-1-5-9-15/h2-3,6-7,21H,1,4-5,8-10,16H2,(H2,17,18,19,20). The third-order valence-corrected chi connectivity index (χ3v) is 4.23. The van der Waals surface area contributed by atoms with Crippen LogP contribution in [-0.4, -0.2) is 27.2 Å². The minimum absolute atomic E-state index is 0.108. The first-order chi connectivity index (χ1) is 10.3. The molecule has 1 heterocycles. The van der Waals surface area contributed by atoms with Crippen LogP contribution in [0.5, 0.6) is 0 Å². The van der Waals surface area contributed by atoms with Crippen molar-refractivity contribution in [2.45, 2.75) is 37.6 Å². The Kier molecular flexibility index (Phi) is 3.90. The molecule has 3 rings (SSSR count). The lowest BCUT2D eigenvalue weighted by molar-refractivity contribution is 0.172. The number of para-hydroxylation sites is 1. The number of anilines is 2. The normalized spacial score (nSPS) is 17.6. The van der Waals surface area contributed by atoms with Crippen molar-refractivity contribution >= 4 is 22.7 Å². The molecule has 0 saturated heterocycles. The molecule has 0 bridgehead atoms. The van der Waals surface area contributed by atoms with Crippen molar-refractivity contribution in [3.63, 3.8) is 0 Å². The molecule has 0 radical (unpaired) electrons. The zero-order valence-corrected chi connectivity index (χ0v) is 12.0. The summed E-state index contributed by atoms with van der Waals surface area (Å²) in [7, 11) is 0. The molecule has 1 aromatic carbocycles. The van der Waals surface area contributed by atoms with Crippen molar-refractivity contribution < 1.29 is 5.11 Å². The quantitative estimate of drug-likeness (QED) is 0.507. The maximum Gasteiger partial charge on any atom is 0.239 e. The lowest BCUT2D eigenvalue weighted by Crippen LogP contribution is -2.44. The lowest BCUT2D eigenvalue weighted by atomic mass is 9.82. The fraction of sp³-hybridized carbons (Fsp3) is 0.467. The van der Waals surface area contributed by atoms with E-state index in [1.54, 1.807) is 0 Å². The molecule has 1 aliphatic carbocycles. The van der Waals surface area contributed by atoms with Gasteiger partial charge in [-0.05, 0) is 25.0 Å². The Bertz CT molecular complexity index is 624. The number of aliphatic hydroxyl groups excluding tert-OH is 1. The van der Waals surface area contributed by atoms with Crippen LogP contribution < -0.4 is 16.6 Å². The van der Waals surface area contributed by atoms with Gasteiger partial charge in [-0.2, -0.15) is 4.98 Å². The Labute approximate surface area is 123 Å². The number of hydrogen-bond acceptors (Lipinski definition) is 6. The molecule has 0 aliphatic heterocycles. The van der Waals surface area contributed by atoms with E-state index in [1.165, 1.54) is 6.42 Å². The SMILES string of the molecule is NNc1nc(NC2(CO)CCCCC2)c2ccccc2n1. The average molecular weight is 287 g/mol. The fourth-order valence-corrected chi connectivity index (χ4v) is 3.04. The number of nitrogens with two attached hydrogens (primary N) is 1. The van der Waals surface area contributed by atoms with Crippen LogP contribution in [0.4, 0.5) is 11.8 Å². The molecule has 5 N–H and O–H groups in total. The molecule has 0 amide bonds. The van der Waals surface area contributed by atoms with E-state index in [2.05, 4.69) is 20.7 Å². The zero-order chi connectivity index (χ0) is 14.7. The van der Waals surface area contributed by atoms with E-state index in [0.717, 1.165) is 42.4 Å². The number of nitrogen functional groups attached to an aromatic ring is 1. The number of benzene rings is 1. The largest absolute Gasteiger partial charge is 0.394 e. The molecule has 0 unspecified atom stereocenters. The summed E-state index contributed by atoms with van der Waals surface area (Å²) in [5.41, 5.74) is 3.04. The molecule has 21 heavy (non-hydrogen) atoms. The summed E-state index contributed by atoms with van der Waals surface area (Å²) in [6, 6.07) is 7.79. The Morgan fingerprint density at radius 1 is 1.14 bits per heavy atom. The number of aromatic nitrogens is 2. The Balaban J connectivity index is 2.02. The molecular weight excluding hydrogens is 266 g/mol. The number of fused-ring (bicyclic) bond motifs is 1. The van der Waals surface area contributed by atoms with Gasteiger partial charge in [0.1, 0.15) is 5.82 Å². The van der Waals surface area contributed by atoms with E-state index in [0.29, 0.717) is 5.95 Å². The van der Waals surface area contributed by atoms with Gasteiger partial charge in [0.2, 0.25) is 5.95 Å². The summed E-state index contributed by atoms with van der Waals surface area (Å²) in [4.78, 5) is 8.78. The molecule has 2 aromatic rings. The molecular formula is C15H21N5O. The molecule has 1 aliphatic rings. The van der Waals surface area contributed by atoms with Gasteiger partial charge in [-0.25, -0.2) is 10.8 Å². The van der Waals surface area contributed by atoms with Crippen molar-refractivity contribution in [2.24, 2.45) is 5.84 Å². The van der Waals surface area contributed by atoms with Crippen molar-refractivity contribution in [1.29, 1.82) is 0 Å². The van der Waals surface area contributed by atoms with Gasteiger partial charge in [0.25, 0.3) is 0 Å². The topological polar surface area (TPSA) is 96.1 Å². The number of nitrogens with zero attached hydrogens (tertiary/aromatic N) is 2. The highest BCUT2D eigenvalue weighted by Crippen LogP contribution is 2.33. The second-order valence-electron chi connectivity index (χ2n) is 5.68. The summed E-state index contributed by atoms with van der Waals surface area (Å²) in [5, 5.41) is 14.3. The minimum Gasteiger partial charge on any atom is -0.394 e. The van der Waals surface area contributed by atoms with Crippen molar-refractivity contribution in [3.05, 3.63) is 24.3 Å². The zero-order valence-electron chi connectivity index (χ0n) is 12.0. The maximum atomic E-state index is 9.86. The highest BCUT2D eigenvalue weighted by atomic mass is 16.3. The smallest absolute Gasteiger partial charge is 0.239 e. The van der Waals surface area contributed by atoms with E-state index >= 15 is 0 Å². The molecule has 0 atom stereocenters. The maximum absolute atomic E-state index is 9.86. The Morgan fingerprint density at radius 3 is 2.62 bits per heavy atom. The minimum atomic E-state index is -0.290. The lowest BCUT2D eigenvalue weighted by Gasteiger charge is -2.37. The van der Waals surface area contributed by atoms with Crippen LogP contribution in [0.2, 0.25) is 0 Å². The van der Waals surface area contributed by atoms with Crippen LogP contribution in [0.15, 0.2) is 24.3 Å². The highest BCUT2D eigenvalue weighted by Gasteiger charge is 2.32. The first-order valence-corrected chi connectivity index (χ1v) is 7.39. The molecule has 1 saturated carbocycles. The van der Waals surface area contributed by atoms with Crippen LogP contribution in [0.3, 0.4) is 0 Å². The summed E-state index contributed by atoms with van der Waals surface area (Å²) in [5.74, 6) is 6.56. The molecule has 1 fully saturated rings. The summed E-state index contributed by atoms with van der Waals surface area (Å²) < 4.78 is 0. The van der Waals surface area contributed by atoms with Crippen molar-refractivity contribution in [1.82, 2.24) is 9.97 Å². The van der Waals surface area contributed by atoms with E-state index in [1.807, 2.05) is 24.3 Å². The number of nitrogens with one attached hydrogen (secondary N) is 2. The first kappa shape index (κ1) is 14.0. The molecule has 0 spiro atoms. The van der Waals surface area contributed by atoms with Gasteiger partial charge < -0.3 is 10.4 Å². The van der Waals surface area contributed by atoms with E-state index < -0.39 is 0 Å². The van der Waals surface area contributed by atoms with Crippen LogP contribution in [-0.2, 0) is 0 Å². The van der Waals surface area contributed by atoms with E-state index in [-0.39, 0.29) is 12.1 Å². The third kappa shape index (κ3) is 2.77. The average Bonchev–Trinajstić information content (AvgIpc) is 2.55. The van der Waals surface area contributed by atoms with Gasteiger partial charge in [-0.1, -0.05) is 31.4 Å². The van der Waals surface area contributed by atoms with Crippen molar-refractivity contribution in [3.8, 4) is 0 Å². The first-order valence-electron chi connectivity index (χ1n) is 7.39. The predicted octanol–water partition coefficient (Wildman–Crippen LogP) is 2.02. The summed E-state index contributed by atoms with van der Waals surface area (Å²) in [6.07, 6.45) is 5.38. The van der Waals surface area contributed by atoms with Crippen molar-refractivity contribution in [2.75, 3.05) is 17.3 Å². The fourth-order valence-electron chi connectivity index (χ4n) is 3.04. The molecule has 112 valence electrons. The third-order valence-electron chi connectivity index (χ3n) is 4.23. The Hall–Kier alpha value is -1.92. The molecule has 6 heteroatoms. The summed E-state index contributed by atoms with van der Waals surface area (Å²) in [6.45, 7) is 0.108. The number of hydrogen-bond donors (Lipinski definition) is 4. The van der Waals surface area contributed by atoms with Gasteiger partial charge in [0.05, 0.1) is 17.7 Å². The van der Waals surface area contributed by atoms with Crippen LogP contribution in [0, 0.1) is 0 Å². The van der Waals surface area contributed by atoms with E-state index in [4.69, 9.17) is 5.84 Å². The number of aliphatic hydroxyl groups is 1. The predicted molar refractivity (Wildman–Crippen MR) is 83.9 cm³/mol. The van der Waals surface area contributed by atoms with E-state index in [9.17, 15) is 5.11 Å². The second-order valence-corrected chi connectivity index (χ2v) is 5.68. The molecule has 1 aromatic heterocycles. The van der Waals surface area contributed by atoms with Crippen LogP contribution >= 0.6 is 0 Å². The second kappa shape index (κ2) is 5.83. The van der Waals surface area contributed by atoms with Gasteiger partial charge in [0, 0.05) is 5.39 Å². The van der Waals surface area contributed by atoms with Crippen LogP contribution in [0.1, 0.15) is 32.1 Å². The van der Waals surface area contributed by atoms with Gasteiger partial charge in [-0.3, -0.25) is 5.43 Å². The van der Waals surface area contributed by atoms with Gasteiger partial charge in [-0.15, -0.1) is 0 Å². The summed E-state index contributed by atoms with van der Waals surface area (Å²) >= 11 is 0.